The third-order valence-corrected chi connectivity index (χ3v) is 7.36. The molecule has 2 unspecified atom stereocenters. The van der Waals surface area contributed by atoms with E-state index in [2.05, 4.69) is 5.32 Å². The molecule has 0 bridgehead atoms. The number of aromatic hydroxyl groups is 1. The maximum atomic E-state index is 13.8. The van der Waals surface area contributed by atoms with E-state index in [9.17, 15) is 14.7 Å². The second-order valence-electron chi connectivity index (χ2n) is 9.78. The monoisotopic (exact) mass is 525 g/mol. The number of allylic oxidation sites excluding steroid dienone is 3. The Bertz CT molecular complexity index is 1470. The van der Waals surface area contributed by atoms with Crippen molar-refractivity contribution < 1.29 is 28.9 Å². The number of ether oxygens (including phenoxy) is 3. The van der Waals surface area contributed by atoms with Gasteiger partial charge in [0.25, 0.3) is 0 Å². The molecular formula is C32H31NO6. The first kappa shape index (κ1) is 26.1. The van der Waals surface area contributed by atoms with Crippen molar-refractivity contribution in [2.45, 2.75) is 38.2 Å². The van der Waals surface area contributed by atoms with Gasteiger partial charge in [0.1, 0.15) is 23.9 Å². The molecule has 0 radical (unpaired) electrons. The molecule has 3 aromatic carbocycles. The van der Waals surface area contributed by atoms with Crippen molar-refractivity contribution in [2.75, 3.05) is 14.2 Å². The van der Waals surface area contributed by atoms with Crippen LogP contribution in [-0.4, -0.2) is 31.1 Å². The summed E-state index contributed by atoms with van der Waals surface area (Å²) in [6, 6.07) is 21.7. The van der Waals surface area contributed by atoms with Gasteiger partial charge in [-0.15, -0.1) is 0 Å². The van der Waals surface area contributed by atoms with Crippen molar-refractivity contribution in [1.29, 1.82) is 0 Å². The van der Waals surface area contributed by atoms with Gasteiger partial charge in [-0.1, -0.05) is 42.5 Å². The number of benzene rings is 3. The van der Waals surface area contributed by atoms with E-state index in [1.165, 1.54) is 0 Å². The maximum Gasteiger partial charge on any atom is 0.337 e. The molecule has 1 heterocycles. The topological polar surface area (TPSA) is 94.1 Å². The van der Waals surface area contributed by atoms with Crippen LogP contribution in [0, 0.1) is 0 Å². The molecule has 7 heteroatoms. The molecule has 7 nitrogen and oxygen atoms in total. The molecule has 5 rings (SSSR count). The lowest BCUT2D eigenvalue weighted by molar-refractivity contribution is -0.140. The van der Waals surface area contributed by atoms with Crippen LogP contribution in [0.3, 0.4) is 0 Å². The van der Waals surface area contributed by atoms with E-state index in [0.29, 0.717) is 34.6 Å². The van der Waals surface area contributed by atoms with Gasteiger partial charge < -0.3 is 24.6 Å². The van der Waals surface area contributed by atoms with Gasteiger partial charge in [-0.3, -0.25) is 4.79 Å². The number of esters is 1. The summed E-state index contributed by atoms with van der Waals surface area (Å²) in [5.41, 5.74) is 4.74. The average Bonchev–Trinajstić information content (AvgIpc) is 2.95. The van der Waals surface area contributed by atoms with E-state index in [0.717, 1.165) is 22.6 Å². The fraction of sp³-hybridized carbons (Fsp3) is 0.250. The average molecular weight is 526 g/mol. The van der Waals surface area contributed by atoms with Gasteiger partial charge in [0, 0.05) is 35.2 Å². The SMILES string of the molecule is COc1ccc(COC(=O)C2=C(C)NC3=C(C(=O)CC(c4ccccc4OC)C3)C2c2cccc(O)c2)cc1. The Labute approximate surface area is 227 Å². The van der Waals surface area contributed by atoms with Gasteiger partial charge in [0.15, 0.2) is 5.78 Å². The quantitative estimate of drug-likeness (QED) is 0.393. The van der Waals surface area contributed by atoms with E-state index < -0.39 is 11.9 Å². The van der Waals surface area contributed by atoms with Gasteiger partial charge in [-0.25, -0.2) is 4.79 Å². The zero-order chi connectivity index (χ0) is 27.5. The minimum absolute atomic E-state index is 0.0547. The molecule has 1 aliphatic carbocycles. The summed E-state index contributed by atoms with van der Waals surface area (Å²) in [6.07, 6.45) is 0.867. The summed E-state index contributed by atoms with van der Waals surface area (Å²) in [4.78, 5) is 27.4. The van der Waals surface area contributed by atoms with Gasteiger partial charge in [0.2, 0.25) is 0 Å². The number of dihydropyridines is 1. The number of hydrogen-bond acceptors (Lipinski definition) is 7. The lowest BCUT2D eigenvalue weighted by Crippen LogP contribution is -2.36. The number of carbonyl (C=O) groups excluding carboxylic acids is 2. The number of rotatable bonds is 7. The van der Waals surface area contributed by atoms with Crippen LogP contribution >= 0.6 is 0 Å². The van der Waals surface area contributed by atoms with E-state index in [1.54, 1.807) is 44.6 Å². The summed E-state index contributed by atoms with van der Waals surface area (Å²) >= 11 is 0. The molecule has 0 amide bonds. The van der Waals surface area contributed by atoms with Crippen molar-refractivity contribution in [3.05, 3.63) is 112 Å². The Hall–Kier alpha value is -4.52. The lowest BCUT2D eigenvalue weighted by atomic mass is 9.71. The van der Waals surface area contributed by atoms with Crippen LogP contribution < -0.4 is 14.8 Å². The van der Waals surface area contributed by atoms with Crippen LogP contribution in [-0.2, 0) is 20.9 Å². The molecule has 2 N–H and O–H groups in total. The molecule has 0 fully saturated rings. The first-order valence-electron chi connectivity index (χ1n) is 12.9. The maximum absolute atomic E-state index is 13.8. The van der Waals surface area contributed by atoms with E-state index in [1.807, 2.05) is 49.4 Å². The van der Waals surface area contributed by atoms with Crippen molar-refractivity contribution >= 4 is 11.8 Å². The third kappa shape index (κ3) is 5.25. The van der Waals surface area contributed by atoms with E-state index in [4.69, 9.17) is 14.2 Å². The number of para-hydroxylation sites is 1. The second-order valence-corrected chi connectivity index (χ2v) is 9.78. The highest BCUT2D eigenvalue weighted by atomic mass is 16.5. The Morgan fingerprint density at radius 1 is 0.974 bits per heavy atom. The molecule has 0 spiro atoms. The number of phenols is 1. The largest absolute Gasteiger partial charge is 0.508 e. The molecule has 3 aromatic rings. The molecule has 0 saturated heterocycles. The number of ketones is 1. The van der Waals surface area contributed by atoms with E-state index >= 15 is 0 Å². The van der Waals surface area contributed by atoms with Gasteiger partial charge in [0.05, 0.1) is 19.8 Å². The summed E-state index contributed by atoms with van der Waals surface area (Å²) in [5.74, 6) is 0.215. The molecule has 200 valence electrons. The second kappa shape index (κ2) is 11.1. The number of hydrogen-bond donors (Lipinski definition) is 2. The molecule has 0 aromatic heterocycles. The summed E-state index contributed by atoms with van der Waals surface area (Å²) in [7, 11) is 3.22. The normalized spacial score (nSPS) is 18.8. The van der Waals surface area contributed by atoms with Gasteiger partial charge in [-0.05, 0) is 60.4 Å². The van der Waals surface area contributed by atoms with Crippen LogP contribution in [0.2, 0.25) is 0 Å². The predicted octanol–water partition coefficient (Wildman–Crippen LogP) is 5.51. The highest BCUT2D eigenvalue weighted by molar-refractivity contribution is 6.04. The summed E-state index contributed by atoms with van der Waals surface area (Å²) < 4.78 is 16.5. The Morgan fingerprint density at radius 3 is 2.46 bits per heavy atom. The van der Waals surface area contributed by atoms with Crippen LogP contribution in [0.1, 0.15) is 48.3 Å². The number of methoxy groups -OCH3 is 2. The molecule has 0 saturated carbocycles. The smallest absolute Gasteiger partial charge is 0.337 e. The zero-order valence-corrected chi connectivity index (χ0v) is 22.2. The standard InChI is InChI=1S/C32H31NO6/c1-19-29(32(36)39-18-20-11-13-24(37-2)14-12-20)30(21-7-6-8-23(34)15-21)31-26(33-19)16-22(17-27(31)35)25-9-4-5-10-28(25)38-3/h4-15,22,30,33-34H,16-18H2,1-3H3. The Morgan fingerprint density at radius 2 is 1.74 bits per heavy atom. The fourth-order valence-corrected chi connectivity index (χ4v) is 5.52. The third-order valence-electron chi connectivity index (χ3n) is 7.36. The molecule has 2 atom stereocenters. The first-order valence-corrected chi connectivity index (χ1v) is 12.9. The summed E-state index contributed by atoms with van der Waals surface area (Å²) in [5, 5.41) is 13.6. The highest BCUT2D eigenvalue weighted by Gasteiger charge is 2.42. The van der Waals surface area contributed by atoms with Crippen LogP contribution in [0.15, 0.2) is 95.3 Å². The van der Waals surface area contributed by atoms with E-state index in [-0.39, 0.29) is 30.5 Å². The Kier molecular flexibility index (Phi) is 7.41. The van der Waals surface area contributed by atoms with Crippen molar-refractivity contribution in [1.82, 2.24) is 5.32 Å². The molecule has 39 heavy (non-hydrogen) atoms. The number of nitrogens with one attached hydrogen (secondary N) is 1. The van der Waals surface area contributed by atoms with Gasteiger partial charge in [-0.2, -0.15) is 0 Å². The Balaban J connectivity index is 1.49. The van der Waals surface area contributed by atoms with Crippen molar-refractivity contribution in [3.8, 4) is 17.2 Å². The predicted molar refractivity (Wildman–Crippen MR) is 146 cm³/mol. The van der Waals surface area contributed by atoms with Crippen LogP contribution in [0.5, 0.6) is 17.2 Å². The number of phenolic OH excluding ortho intramolecular Hbond substituents is 1. The van der Waals surface area contributed by atoms with Crippen LogP contribution in [0.25, 0.3) is 0 Å². The molecule has 2 aliphatic rings. The summed E-state index contributed by atoms with van der Waals surface area (Å²) in [6.45, 7) is 1.89. The van der Waals surface area contributed by atoms with Crippen molar-refractivity contribution in [3.63, 3.8) is 0 Å². The minimum atomic E-state index is -0.664. The first-order chi connectivity index (χ1) is 18.9. The minimum Gasteiger partial charge on any atom is -0.508 e. The van der Waals surface area contributed by atoms with Crippen LogP contribution in [0.4, 0.5) is 0 Å². The van der Waals surface area contributed by atoms with Gasteiger partial charge >= 0.3 is 5.97 Å². The molecule has 1 aliphatic heterocycles. The number of Topliss-reactive ketones (excluding diaryl/α,β-unsaturated/α-hetero) is 1. The number of carbonyl (C=O) groups is 2. The zero-order valence-electron chi connectivity index (χ0n) is 22.2. The fourth-order valence-electron chi connectivity index (χ4n) is 5.52. The lowest BCUT2D eigenvalue weighted by Gasteiger charge is -2.37. The highest BCUT2D eigenvalue weighted by Crippen LogP contribution is 2.47. The van der Waals surface area contributed by atoms with Crippen molar-refractivity contribution in [2.24, 2.45) is 0 Å². The molecular weight excluding hydrogens is 494 g/mol.